The Balaban J connectivity index is 1.97. The first-order valence-corrected chi connectivity index (χ1v) is 6.67. The van der Waals surface area contributed by atoms with Crippen molar-refractivity contribution >= 4 is 28.2 Å². The number of carbonyl (C=O) groups excluding carboxylic acids is 1. The first-order valence-electron chi connectivity index (χ1n) is 5.80. The van der Waals surface area contributed by atoms with Crippen LogP contribution in [0.15, 0.2) is 17.8 Å². The lowest BCUT2D eigenvalue weighted by atomic mass is 10.0. The van der Waals surface area contributed by atoms with Gasteiger partial charge in [0.25, 0.3) is 0 Å². The maximum absolute atomic E-state index is 11.9. The Labute approximate surface area is 114 Å². The monoisotopic (exact) mass is 281 g/mol. The summed E-state index contributed by atoms with van der Waals surface area (Å²) in [5, 5.41) is 13.4. The van der Waals surface area contributed by atoms with Gasteiger partial charge in [0, 0.05) is 23.3 Å². The second-order valence-electron chi connectivity index (χ2n) is 5.00. The third-order valence-corrected chi connectivity index (χ3v) is 3.33. The molecule has 2 aromatic rings. The van der Waals surface area contributed by atoms with Crippen molar-refractivity contribution in [3.63, 3.8) is 0 Å². The molecule has 0 radical (unpaired) electrons. The van der Waals surface area contributed by atoms with Gasteiger partial charge >= 0.3 is 5.97 Å². The number of nitrogens with zero attached hydrogens (tertiary/aromatic N) is 2. The van der Waals surface area contributed by atoms with E-state index in [-0.39, 0.29) is 18.7 Å². The first-order chi connectivity index (χ1) is 8.85. The molecule has 19 heavy (non-hydrogen) atoms. The molecule has 6 nitrogen and oxygen atoms in total. The standard InChI is InChI=1S/C12H15N3O3S/c1-12(2,6-10(17)18)14-9(16)5-8-7-15-3-4-19-11(15)13-8/h3-4,7H,5-6H2,1-2H3,(H,14,16)(H,17,18). The minimum atomic E-state index is -0.937. The first kappa shape index (κ1) is 13.5. The molecule has 0 bridgehead atoms. The average molecular weight is 281 g/mol. The van der Waals surface area contributed by atoms with Crippen LogP contribution >= 0.6 is 11.3 Å². The van der Waals surface area contributed by atoms with E-state index >= 15 is 0 Å². The Kier molecular flexibility index (Phi) is 3.57. The highest BCUT2D eigenvalue weighted by Gasteiger charge is 2.24. The molecule has 7 heteroatoms. The van der Waals surface area contributed by atoms with E-state index in [4.69, 9.17) is 5.11 Å². The lowest BCUT2D eigenvalue weighted by Gasteiger charge is -2.23. The largest absolute Gasteiger partial charge is 0.481 e. The molecular formula is C12H15N3O3S. The number of hydrogen-bond donors (Lipinski definition) is 2. The fourth-order valence-electron chi connectivity index (χ4n) is 1.87. The molecule has 1 amide bonds. The van der Waals surface area contributed by atoms with Gasteiger partial charge in [-0.3, -0.25) is 14.0 Å². The van der Waals surface area contributed by atoms with Gasteiger partial charge in [0.2, 0.25) is 5.91 Å². The maximum Gasteiger partial charge on any atom is 0.305 e. The van der Waals surface area contributed by atoms with Gasteiger partial charge in [-0.15, -0.1) is 11.3 Å². The van der Waals surface area contributed by atoms with Crippen molar-refractivity contribution in [1.29, 1.82) is 0 Å². The molecule has 2 rings (SSSR count). The number of imidazole rings is 1. The van der Waals surface area contributed by atoms with Crippen LogP contribution in [0.5, 0.6) is 0 Å². The van der Waals surface area contributed by atoms with E-state index in [0.717, 1.165) is 4.96 Å². The van der Waals surface area contributed by atoms with Gasteiger partial charge in [-0.25, -0.2) is 4.98 Å². The normalized spacial score (nSPS) is 11.7. The van der Waals surface area contributed by atoms with Crippen molar-refractivity contribution in [2.45, 2.75) is 32.2 Å². The van der Waals surface area contributed by atoms with Gasteiger partial charge in [0.05, 0.1) is 18.5 Å². The van der Waals surface area contributed by atoms with Crippen LogP contribution < -0.4 is 5.32 Å². The van der Waals surface area contributed by atoms with Gasteiger partial charge < -0.3 is 10.4 Å². The number of nitrogens with one attached hydrogen (secondary N) is 1. The Morgan fingerprint density at radius 1 is 1.53 bits per heavy atom. The fraction of sp³-hybridized carbons (Fsp3) is 0.417. The molecule has 0 aliphatic carbocycles. The van der Waals surface area contributed by atoms with Crippen LogP contribution in [0, 0.1) is 0 Å². The molecule has 2 heterocycles. The number of carbonyl (C=O) groups is 2. The molecule has 0 spiro atoms. The number of aromatic nitrogens is 2. The lowest BCUT2D eigenvalue weighted by Crippen LogP contribution is -2.45. The summed E-state index contributed by atoms with van der Waals surface area (Å²) in [5.41, 5.74) is -0.0875. The summed E-state index contributed by atoms with van der Waals surface area (Å²) in [6, 6.07) is 0. The van der Waals surface area contributed by atoms with Crippen LogP contribution in [0.3, 0.4) is 0 Å². The van der Waals surface area contributed by atoms with E-state index in [1.54, 1.807) is 20.0 Å². The van der Waals surface area contributed by atoms with E-state index in [2.05, 4.69) is 10.3 Å². The number of carboxylic acid groups (broad SMARTS) is 1. The Bertz CT molecular complexity index is 586. The predicted octanol–water partition coefficient (Wildman–Crippen LogP) is 1.31. The molecule has 0 saturated heterocycles. The Morgan fingerprint density at radius 3 is 2.89 bits per heavy atom. The zero-order valence-corrected chi connectivity index (χ0v) is 11.5. The minimum Gasteiger partial charge on any atom is -0.481 e. The van der Waals surface area contributed by atoms with E-state index in [0.29, 0.717) is 5.69 Å². The highest BCUT2D eigenvalue weighted by Crippen LogP contribution is 2.13. The highest BCUT2D eigenvalue weighted by atomic mass is 32.1. The Morgan fingerprint density at radius 2 is 2.26 bits per heavy atom. The summed E-state index contributed by atoms with van der Waals surface area (Å²) < 4.78 is 1.86. The van der Waals surface area contributed by atoms with Crippen LogP contribution in [0.25, 0.3) is 4.96 Å². The van der Waals surface area contributed by atoms with E-state index in [9.17, 15) is 9.59 Å². The molecule has 0 saturated carbocycles. The van der Waals surface area contributed by atoms with Crippen molar-refractivity contribution < 1.29 is 14.7 Å². The molecule has 2 N–H and O–H groups in total. The quantitative estimate of drug-likeness (QED) is 0.865. The number of carboxylic acids is 1. The lowest BCUT2D eigenvalue weighted by molar-refractivity contribution is -0.138. The minimum absolute atomic E-state index is 0.114. The summed E-state index contributed by atoms with van der Waals surface area (Å²) in [4.78, 5) is 27.7. The van der Waals surface area contributed by atoms with Gasteiger partial charge in [-0.1, -0.05) is 0 Å². The summed E-state index contributed by atoms with van der Waals surface area (Å²) in [6.07, 6.45) is 3.72. The second kappa shape index (κ2) is 5.00. The molecule has 0 fully saturated rings. The van der Waals surface area contributed by atoms with Crippen molar-refractivity contribution in [3.05, 3.63) is 23.5 Å². The van der Waals surface area contributed by atoms with Crippen molar-refractivity contribution in [2.75, 3.05) is 0 Å². The molecule has 2 aromatic heterocycles. The summed E-state index contributed by atoms with van der Waals surface area (Å²) in [6.45, 7) is 3.37. The fourth-order valence-corrected chi connectivity index (χ4v) is 2.59. The molecule has 0 aliphatic rings. The second-order valence-corrected chi connectivity index (χ2v) is 5.88. The summed E-state index contributed by atoms with van der Waals surface area (Å²) in [7, 11) is 0. The SMILES string of the molecule is CC(C)(CC(=O)O)NC(=O)Cc1cn2ccsc2n1. The zero-order valence-electron chi connectivity index (χ0n) is 10.7. The van der Waals surface area contributed by atoms with Crippen molar-refractivity contribution in [2.24, 2.45) is 0 Å². The third kappa shape index (κ3) is 3.54. The average Bonchev–Trinajstić information content (AvgIpc) is 2.73. The van der Waals surface area contributed by atoms with Gasteiger partial charge in [0.1, 0.15) is 0 Å². The van der Waals surface area contributed by atoms with Crippen LogP contribution in [0.2, 0.25) is 0 Å². The highest BCUT2D eigenvalue weighted by molar-refractivity contribution is 7.15. The number of amides is 1. The molecule has 0 aliphatic heterocycles. The Hall–Kier alpha value is -1.89. The maximum atomic E-state index is 11.9. The zero-order chi connectivity index (χ0) is 14.0. The van der Waals surface area contributed by atoms with Crippen LogP contribution in [0.1, 0.15) is 26.0 Å². The number of aliphatic carboxylic acids is 1. The number of hydrogen-bond acceptors (Lipinski definition) is 4. The number of thiazole rings is 1. The summed E-state index contributed by atoms with van der Waals surface area (Å²) in [5.74, 6) is -1.16. The van der Waals surface area contributed by atoms with Gasteiger partial charge in [0.15, 0.2) is 4.96 Å². The summed E-state index contributed by atoms with van der Waals surface area (Å²) >= 11 is 1.50. The van der Waals surface area contributed by atoms with Crippen LogP contribution in [-0.4, -0.2) is 31.9 Å². The van der Waals surface area contributed by atoms with E-state index < -0.39 is 11.5 Å². The predicted molar refractivity (Wildman–Crippen MR) is 71.2 cm³/mol. The third-order valence-electron chi connectivity index (χ3n) is 2.56. The van der Waals surface area contributed by atoms with Crippen LogP contribution in [-0.2, 0) is 16.0 Å². The molecule has 0 aromatic carbocycles. The smallest absolute Gasteiger partial charge is 0.305 e. The molecular weight excluding hydrogens is 266 g/mol. The van der Waals surface area contributed by atoms with E-state index in [1.165, 1.54) is 11.3 Å². The van der Waals surface area contributed by atoms with Gasteiger partial charge in [-0.05, 0) is 13.8 Å². The topological polar surface area (TPSA) is 83.7 Å². The molecule has 102 valence electrons. The molecule has 0 atom stereocenters. The molecule has 0 unspecified atom stereocenters. The van der Waals surface area contributed by atoms with E-state index in [1.807, 2.05) is 16.0 Å². The van der Waals surface area contributed by atoms with Crippen molar-refractivity contribution in [1.82, 2.24) is 14.7 Å². The van der Waals surface area contributed by atoms with Crippen LogP contribution in [0.4, 0.5) is 0 Å². The van der Waals surface area contributed by atoms with Gasteiger partial charge in [-0.2, -0.15) is 0 Å². The number of rotatable bonds is 5. The van der Waals surface area contributed by atoms with Crippen molar-refractivity contribution in [3.8, 4) is 0 Å². The number of fused-ring (bicyclic) bond motifs is 1.